The molecule has 2 aromatic carbocycles. The molecule has 3 N–H and O–H groups in total. The van der Waals surface area contributed by atoms with Crippen molar-refractivity contribution in [3.8, 4) is 6.19 Å². The van der Waals surface area contributed by atoms with Crippen molar-refractivity contribution in [3.63, 3.8) is 0 Å². The molecule has 0 atom stereocenters. The smallest absolute Gasteiger partial charge is 0.241 e. The number of nitrogens with one attached hydrogen (secondary N) is 1. The fraction of sp³-hybridized carbons (Fsp3) is 0.190. The summed E-state index contributed by atoms with van der Waals surface area (Å²) in [6.45, 7) is 0.604. The molecule has 0 aliphatic carbocycles. The number of hydrogen-bond donors (Lipinski definition) is 2. The molecule has 31 heavy (non-hydrogen) atoms. The third-order valence-electron chi connectivity index (χ3n) is 4.34. The predicted octanol–water partition coefficient (Wildman–Crippen LogP) is 1.96. The van der Waals surface area contributed by atoms with Gasteiger partial charge >= 0.3 is 0 Å². The highest BCUT2D eigenvalue weighted by atomic mass is 32.2. The van der Waals surface area contributed by atoms with Crippen molar-refractivity contribution in [2.75, 3.05) is 26.3 Å². The van der Waals surface area contributed by atoms with Crippen LogP contribution in [-0.2, 0) is 14.8 Å². The Bertz CT molecular complexity index is 1190. The summed E-state index contributed by atoms with van der Waals surface area (Å²) in [5, 5.41) is 10.8. The van der Waals surface area contributed by atoms with Crippen molar-refractivity contribution in [2.45, 2.75) is 4.90 Å². The van der Waals surface area contributed by atoms with E-state index < -0.39 is 10.0 Å². The highest BCUT2D eigenvalue weighted by Crippen LogP contribution is 2.22. The number of ether oxygens (including phenoxy) is 1. The first kappa shape index (κ1) is 22.2. The van der Waals surface area contributed by atoms with Crippen LogP contribution in [0.5, 0.6) is 0 Å². The summed E-state index contributed by atoms with van der Waals surface area (Å²) in [7, 11) is -3.68. The highest BCUT2D eigenvalue weighted by molar-refractivity contribution is 7.89. The molecule has 3 aromatic rings. The molecule has 0 aliphatic heterocycles. The molecule has 1 heterocycles. The van der Waals surface area contributed by atoms with E-state index in [1.54, 1.807) is 48.8 Å². The maximum Gasteiger partial charge on any atom is 0.241 e. The Hall–Kier alpha value is -3.52. The SMILES string of the molecule is N#CN(CCOCCNS(=O)(=O)c1cccc2ccccc12)C(N)=Nc1ccncc1. The van der Waals surface area contributed by atoms with Crippen molar-refractivity contribution in [1.29, 1.82) is 5.26 Å². The van der Waals surface area contributed by atoms with Gasteiger partial charge < -0.3 is 10.5 Å². The molecule has 0 unspecified atom stereocenters. The molecule has 160 valence electrons. The zero-order valence-electron chi connectivity index (χ0n) is 16.7. The van der Waals surface area contributed by atoms with Gasteiger partial charge in [0.25, 0.3) is 0 Å². The molecule has 0 saturated carbocycles. The monoisotopic (exact) mass is 438 g/mol. The van der Waals surface area contributed by atoms with Gasteiger partial charge in [-0.2, -0.15) is 5.26 Å². The summed E-state index contributed by atoms with van der Waals surface area (Å²) < 4.78 is 33.3. The molecule has 3 rings (SSSR count). The van der Waals surface area contributed by atoms with Gasteiger partial charge in [0, 0.05) is 24.3 Å². The van der Waals surface area contributed by atoms with Gasteiger partial charge in [-0.1, -0.05) is 36.4 Å². The third-order valence-corrected chi connectivity index (χ3v) is 5.86. The Labute approximate surface area is 180 Å². The first-order valence-electron chi connectivity index (χ1n) is 9.48. The van der Waals surface area contributed by atoms with Crippen LogP contribution in [0.3, 0.4) is 0 Å². The Morgan fingerprint density at radius 3 is 2.65 bits per heavy atom. The quantitative estimate of drug-likeness (QED) is 0.171. The first-order chi connectivity index (χ1) is 15.0. The summed E-state index contributed by atoms with van der Waals surface area (Å²) in [6, 6.07) is 15.8. The lowest BCUT2D eigenvalue weighted by atomic mass is 10.1. The van der Waals surface area contributed by atoms with Crippen molar-refractivity contribution < 1.29 is 13.2 Å². The van der Waals surface area contributed by atoms with Gasteiger partial charge in [0.05, 0.1) is 30.3 Å². The molecule has 0 amide bonds. The molecule has 0 radical (unpaired) electrons. The summed E-state index contributed by atoms with van der Waals surface area (Å²) in [5.41, 5.74) is 6.43. The van der Waals surface area contributed by atoms with E-state index in [0.717, 1.165) is 5.39 Å². The van der Waals surface area contributed by atoms with E-state index in [1.807, 2.05) is 24.4 Å². The normalized spacial score (nSPS) is 11.9. The van der Waals surface area contributed by atoms with Crippen molar-refractivity contribution in [3.05, 3.63) is 67.0 Å². The molecular weight excluding hydrogens is 416 g/mol. The topological polar surface area (TPSA) is 134 Å². The standard InChI is InChI=1S/C21H22N6O3S/c22-16-27(21(23)26-18-8-10-24-11-9-18)13-15-30-14-12-25-31(28,29)20-7-3-5-17-4-1-2-6-19(17)20/h1-11,25H,12-15H2,(H2,23,24,26). The van der Waals surface area contributed by atoms with Crippen LogP contribution in [0.2, 0.25) is 0 Å². The van der Waals surface area contributed by atoms with Crippen molar-refractivity contribution in [1.82, 2.24) is 14.6 Å². The minimum Gasteiger partial charge on any atom is -0.378 e. The van der Waals surface area contributed by atoms with Gasteiger partial charge in [0.15, 0.2) is 6.19 Å². The van der Waals surface area contributed by atoms with Crippen LogP contribution in [0, 0.1) is 11.5 Å². The lowest BCUT2D eigenvalue weighted by Gasteiger charge is -2.14. The van der Waals surface area contributed by atoms with Crippen molar-refractivity contribution >= 4 is 32.4 Å². The number of benzene rings is 2. The summed E-state index contributed by atoms with van der Waals surface area (Å²) in [5.74, 6) is 0.0361. The molecule has 0 aliphatic rings. The maximum absolute atomic E-state index is 12.6. The number of nitrogens with zero attached hydrogens (tertiary/aromatic N) is 4. The lowest BCUT2D eigenvalue weighted by molar-refractivity contribution is 0.133. The van der Waals surface area contributed by atoms with Crippen LogP contribution in [-0.4, -0.2) is 50.6 Å². The Balaban J connectivity index is 1.47. The van der Waals surface area contributed by atoms with Crippen molar-refractivity contribution in [2.24, 2.45) is 10.7 Å². The molecule has 10 heteroatoms. The fourth-order valence-corrected chi connectivity index (χ4v) is 4.08. The Morgan fingerprint density at radius 2 is 1.87 bits per heavy atom. The second-order valence-electron chi connectivity index (χ2n) is 6.41. The van der Waals surface area contributed by atoms with Gasteiger partial charge in [-0.05, 0) is 23.6 Å². The second kappa shape index (κ2) is 10.5. The van der Waals surface area contributed by atoms with Gasteiger partial charge in [-0.25, -0.2) is 23.0 Å². The number of nitrogens with two attached hydrogens (primary N) is 1. The van der Waals surface area contributed by atoms with Crippen LogP contribution >= 0.6 is 0 Å². The van der Waals surface area contributed by atoms with E-state index in [1.165, 1.54) is 4.90 Å². The number of hydrogen-bond acceptors (Lipinski definition) is 6. The zero-order chi connectivity index (χ0) is 22.1. The molecular formula is C21H22N6O3S. The number of nitriles is 1. The molecule has 0 spiro atoms. The summed E-state index contributed by atoms with van der Waals surface area (Å²) in [6.07, 6.45) is 5.10. The molecule has 1 aromatic heterocycles. The average Bonchev–Trinajstić information content (AvgIpc) is 2.78. The molecule has 0 bridgehead atoms. The summed E-state index contributed by atoms with van der Waals surface area (Å²) in [4.78, 5) is 9.46. The number of guanidine groups is 1. The van der Waals surface area contributed by atoms with E-state index >= 15 is 0 Å². The number of rotatable bonds is 9. The van der Waals surface area contributed by atoms with Gasteiger partial charge in [-0.15, -0.1) is 0 Å². The summed E-state index contributed by atoms with van der Waals surface area (Å²) >= 11 is 0. The lowest BCUT2D eigenvalue weighted by Crippen LogP contribution is -2.36. The van der Waals surface area contributed by atoms with Gasteiger partial charge in [0.2, 0.25) is 16.0 Å². The number of aromatic nitrogens is 1. The van der Waals surface area contributed by atoms with Gasteiger partial charge in [0.1, 0.15) is 0 Å². The first-order valence-corrected chi connectivity index (χ1v) is 11.0. The van der Waals surface area contributed by atoms with Crippen LogP contribution in [0.15, 0.2) is 76.9 Å². The number of aliphatic imine (C=N–C) groups is 1. The van der Waals surface area contributed by atoms with Crippen LogP contribution in [0.4, 0.5) is 5.69 Å². The van der Waals surface area contributed by atoms with E-state index in [2.05, 4.69) is 14.7 Å². The Morgan fingerprint density at radius 1 is 1.13 bits per heavy atom. The molecule has 9 nitrogen and oxygen atoms in total. The highest BCUT2D eigenvalue weighted by Gasteiger charge is 2.16. The van der Waals surface area contributed by atoms with E-state index in [-0.39, 0.29) is 37.2 Å². The third kappa shape index (κ3) is 5.99. The molecule has 0 fully saturated rings. The molecule has 0 saturated heterocycles. The van der Waals surface area contributed by atoms with Gasteiger partial charge in [-0.3, -0.25) is 4.98 Å². The Kier molecular flexibility index (Phi) is 7.50. The minimum atomic E-state index is -3.68. The number of pyridine rings is 1. The minimum absolute atomic E-state index is 0.0361. The van der Waals surface area contributed by atoms with E-state index in [4.69, 9.17) is 10.5 Å². The van der Waals surface area contributed by atoms with Crippen LogP contribution < -0.4 is 10.5 Å². The predicted molar refractivity (Wildman–Crippen MR) is 118 cm³/mol. The second-order valence-corrected chi connectivity index (χ2v) is 8.15. The van der Waals surface area contributed by atoms with E-state index in [0.29, 0.717) is 11.1 Å². The average molecular weight is 439 g/mol. The van der Waals surface area contributed by atoms with E-state index in [9.17, 15) is 13.7 Å². The van der Waals surface area contributed by atoms with Crippen LogP contribution in [0.1, 0.15) is 0 Å². The largest absolute Gasteiger partial charge is 0.378 e. The van der Waals surface area contributed by atoms with Crippen LogP contribution in [0.25, 0.3) is 10.8 Å². The number of sulfonamides is 1. The fourth-order valence-electron chi connectivity index (χ4n) is 2.84. The maximum atomic E-state index is 12.6. The number of fused-ring (bicyclic) bond motifs is 1. The zero-order valence-corrected chi connectivity index (χ0v) is 17.5.